The van der Waals surface area contributed by atoms with Gasteiger partial charge in [0, 0.05) is 0 Å². The van der Waals surface area contributed by atoms with Crippen molar-refractivity contribution in [1.29, 1.82) is 0 Å². The summed E-state index contributed by atoms with van der Waals surface area (Å²) in [6, 6.07) is 0. The molecule has 0 unspecified atom stereocenters. The SMILES string of the molecule is C[C@@H]1CCC2CCCC1CCC2. The van der Waals surface area contributed by atoms with Crippen LogP contribution in [0.4, 0.5) is 0 Å². The van der Waals surface area contributed by atoms with E-state index in [1.807, 2.05) is 0 Å². The quantitative estimate of drug-likeness (QED) is 0.510. The first-order valence-corrected chi connectivity index (χ1v) is 5.86. The molecule has 0 saturated heterocycles. The summed E-state index contributed by atoms with van der Waals surface area (Å²) in [5, 5.41) is 0. The molecule has 0 aliphatic heterocycles. The van der Waals surface area contributed by atoms with Crippen LogP contribution in [0.3, 0.4) is 0 Å². The van der Waals surface area contributed by atoms with Crippen LogP contribution in [-0.4, -0.2) is 0 Å². The van der Waals surface area contributed by atoms with Gasteiger partial charge in [0.1, 0.15) is 0 Å². The van der Waals surface area contributed by atoms with Crippen LogP contribution >= 0.6 is 0 Å². The molecule has 3 aliphatic rings. The second-order valence-electron chi connectivity index (χ2n) is 5.04. The van der Waals surface area contributed by atoms with Crippen molar-refractivity contribution in [3.63, 3.8) is 0 Å². The highest BCUT2D eigenvalue weighted by Crippen LogP contribution is 2.38. The molecule has 1 atom stereocenters. The third-order valence-corrected chi connectivity index (χ3v) is 4.21. The van der Waals surface area contributed by atoms with Crippen LogP contribution < -0.4 is 0 Å². The Morgan fingerprint density at radius 3 is 2.08 bits per heavy atom. The summed E-state index contributed by atoms with van der Waals surface area (Å²) < 4.78 is 0. The third kappa shape index (κ3) is 1.84. The van der Waals surface area contributed by atoms with Crippen molar-refractivity contribution in [1.82, 2.24) is 0 Å². The van der Waals surface area contributed by atoms with Crippen molar-refractivity contribution in [3.8, 4) is 0 Å². The van der Waals surface area contributed by atoms with Crippen LogP contribution in [0.15, 0.2) is 0 Å². The van der Waals surface area contributed by atoms with Crippen molar-refractivity contribution in [2.45, 2.75) is 58.3 Å². The van der Waals surface area contributed by atoms with E-state index in [0.29, 0.717) is 0 Å². The van der Waals surface area contributed by atoms with Crippen LogP contribution in [0.2, 0.25) is 0 Å². The van der Waals surface area contributed by atoms with Gasteiger partial charge in [-0.05, 0) is 17.8 Å². The molecule has 0 heterocycles. The van der Waals surface area contributed by atoms with Gasteiger partial charge in [-0.15, -0.1) is 0 Å². The molecule has 0 radical (unpaired) electrons. The molecule has 2 bridgehead atoms. The standard InChI is InChI=1S/C12H22/c1-10-8-9-11-4-2-6-12(10)7-3-5-11/h10-12H,2-9H2,1H3/t10-,11?,12?/m1/s1. The minimum atomic E-state index is 1.04. The van der Waals surface area contributed by atoms with Gasteiger partial charge in [-0.1, -0.05) is 58.3 Å². The highest BCUT2D eigenvalue weighted by Gasteiger charge is 2.25. The Kier molecular flexibility index (Phi) is 2.73. The summed E-state index contributed by atoms with van der Waals surface area (Å²) >= 11 is 0. The Morgan fingerprint density at radius 2 is 1.42 bits per heavy atom. The molecule has 3 fully saturated rings. The highest BCUT2D eigenvalue weighted by atomic mass is 14.3. The minimum absolute atomic E-state index is 1.04. The predicted molar refractivity (Wildman–Crippen MR) is 53.1 cm³/mol. The molecule has 3 aliphatic carbocycles. The van der Waals surface area contributed by atoms with Crippen LogP contribution in [-0.2, 0) is 0 Å². The van der Waals surface area contributed by atoms with Gasteiger partial charge < -0.3 is 0 Å². The monoisotopic (exact) mass is 166 g/mol. The normalized spacial score (nSPS) is 43.2. The molecule has 3 rings (SSSR count). The number of fused-ring (bicyclic) bond motifs is 6. The van der Waals surface area contributed by atoms with Gasteiger partial charge in [-0.25, -0.2) is 0 Å². The smallest absolute Gasteiger partial charge is 0.0388 e. The van der Waals surface area contributed by atoms with Gasteiger partial charge in [0.05, 0.1) is 0 Å². The van der Waals surface area contributed by atoms with Gasteiger partial charge in [0.15, 0.2) is 0 Å². The fraction of sp³-hybridized carbons (Fsp3) is 1.00. The molecule has 0 spiro atoms. The molecule has 0 amide bonds. The zero-order valence-electron chi connectivity index (χ0n) is 8.39. The summed E-state index contributed by atoms with van der Waals surface area (Å²) in [5.41, 5.74) is 0. The summed E-state index contributed by atoms with van der Waals surface area (Å²) in [4.78, 5) is 0. The maximum Gasteiger partial charge on any atom is -0.0388 e. The molecule has 70 valence electrons. The van der Waals surface area contributed by atoms with Crippen molar-refractivity contribution in [2.75, 3.05) is 0 Å². The number of rotatable bonds is 0. The lowest BCUT2D eigenvalue weighted by atomic mass is 9.73. The zero-order chi connectivity index (χ0) is 8.39. The van der Waals surface area contributed by atoms with Crippen LogP contribution in [0.25, 0.3) is 0 Å². The fourth-order valence-corrected chi connectivity index (χ4v) is 3.22. The molecule has 0 aromatic heterocycles. The lowest BCUT2D eigenvalue weighted by molar-refractivity contribution is 0.189. The Labute approximate surface area is 76.7 Å². The Balaban J connectivity index is 2.02. The predicted octanol–water partition coefficient (Wildman–Crippen LogP) is 4.00. The van der Waals surface area contributed by atoms with Crippen molar-refractivity contribution < 1.29 is 0 Å². The summed E-state index contributed by atoms with van der Waals surface area (Å²) in [7, 11) is 0. The Bertz CT molecular complexity index is 127. The van der Waals surface area contributed by atoms with E-state index in [0.717, 1.165) is 17.8 Å². The topological polar surface area (TPSA) is 0 Å². The second-order valence-corrected chi connectivity index (χ2v) is 5.04. The molecule has 0 N–H and O–H groups in total. The second kappa shape index (κ2) is 3.81. The first kappa shape index (κ1) is 8.59. The van der Waals surface area contributed by atoms with Gasteiger partial charge in [0.25, 0.3) is 0 Å². The Hall–Kier alpha value is 0. The molecule has 0 aromatic rings. The molecular weight excluding hydrogens is 144 g/mol. The summed E-state index contributed by atoms with van der Waals surface area (Å²) in [5.74, 6) is 3.23. The summed E-state index contributed by atoms with van der Waals surface area (Å²) in [6.07, 6.45) is 12.3. The molecule has 12 heavy (non-hydrogen) atoms. The van der Waals surface area contributed by atoms with Crippen LogP contribution in [0, 0.1) is 17.8 Å². The van der Waals surface area contributed by atoms with Gasteiger partial charge in [0.2, 0.25) is 0 Å². The van der Waals surface area contributed by atoms with E-state index < -0.39 is 0 Å². The van der Waals surface area contributed by atoms with E-state index in [9.17, 15) is 0 Å². The van der Waals surface area contributed by atoms with E-state index in [-0.39, 0.29) is 0 Å². The van der Waals surface area contributed by atoms with Crippen LogP contribution in [0.5, 0.6) is 0 Å². The van der Waals surface area contributed by atoms with Crippen molar-refractivity contribution in [2.24, 2.45) is 17.8 Å². The molecule has 3 saturated carbocycles. The third-order valence-electron chi connectivity index (χ3n) is 4.21. The largest absolute Gasteiger partial charge is 0.0622 e. The fourth-order valence-electron chi connectivity index (χ4n) is 3.22. The molecular formula is C12H22. The molecule has 0 aromatic carbocycles. The highest BCUT2D eigenvalue weighted by molar-refractivity contribution is 4.77. The molecule has 0 nitrogen and oxygen atoms in total. The lowest BCUT2D eigenvalue weighted by Gasteiger charge is -2.33. The average Bonchev–Trinajstić information content (AvgIpc) is 1.97. The molecule has 0 heteroatoms. The lowest BCUT2D eigenvalue weighted by Crippen LogP contribution is -2.20. The van der Waals surface area contributed by atoms with Gasteiger partial charge in [-0.2, -0.15) is 0 Å². The van der Waals surface area contributed by atoms with Crippen LogP contribution in [0.1, 0.15) is 58.3 Å². The average molecular weight is 166 g/mol. The minimum Gasteiger partial charge on any atom is -0.0622 e. The maximum absolute atomic E-state index is 2.48. The van der Waals surface area contributed by atoms with E-state index in [4.69, 9.17) is 0 Å². The number of hydrogen-bond donors (Lipinski definition) is 0. The summed E-state index contributed by atoms with van der Waals surface area (Å²) in [6.45, 7) is 2.48. The first-order chi connectivity index (χ1) is 5.86. The zero-order valence-corrected chi connectivity index (χ0v) is 8.39. The van der Waals surface area contributed by atoms with E-state index in [1.165, 1.54) is 38.5 Å². The first-order valence-electron chi connectivity index (χ1n) is 5.86. The maximum atomic E-state index is 2.48. The van der Waals surface area contributed by atoms with E-state index >= 15 is 0 Å². The van der Waals surface area contributed by atoms with E-state index in [2.05, 4.69) is 6.92 Å². The Morgan fingerprint density at radius 1 is 0.750 bits per heavy atom. The van der Waals surface area contributed by atoms with Crippen molar-refractivity contribution in [3.05, 3.63) is 0 Å². The van der Waals surface area contributed by atoms with Gasteiger partial charge in [-0.3, -0.25) is 0 Å². The van der Waals surface area contributed by atoms with Gasteiger partial charge >= 0.3 is 0 Å². The van der Waals surface area contributed by atoms with E-state index in [1.54, 1.807) is 12.8 Å². The number of hydrogen-bond acceptors (Lipinski definition) is 0. The van der Waals surface area contributed by atoms with Crippen molar-refractivity contribution >= 4 is 0 Å².